The number of aliphatic hydroxyl groups excluding tert-OH is 1. The molecule has 2 aromatic rings. The van der Waals surface area contributed by atoms with Crippen LogP contribution in [0.25, 0.3) is 11.1 Å². The maximum atomic E-state index is 12.3. The first-order chi connectivity index (χ1) is 12.6. The zero-order valence-electron chi connectivity index (χ0n) is 15.2. The van der Waals surface area contributed by atoms with Gasteiger partial charge in [0, 0.05) is 19.6 Å². The summed E-state index contributed by atoms with van der Waals surface area (Å²) in [6, 6.07) is 16.4. The molecular formula is C21H25NO4. The summed E-state index contributed by atoms with van der Waals surface area (Å²) >= 11 is 0. The smallest absolute Gasteiger partial charge is 0.407 e. The summed E-state index contributed by atoms with van der Waals surface area (Å²) in [7, 11) is 1.56. The Bertz CT molecular complexity index is 723. The second kappa shape index (κ2) is 7.89. The lowest BCUT2D eigenvalue weighted by atomic mass is 9.98. The molecule has 1 atom stereocenters. The van der Waals surface area contributed by atoms with Crippen molar-refractivity contribution in [3.05, 3.63) is 59.7 Å². The van der Waals surface area contributed by atoms with Crippen LogP contribution in [0.1, 0.15) is 30.4 Å². The third-order valence-corrected chi connectivity index (χ3v) is 4.87. The molecule has 0 spiro atoms. The van der Waals surface area contributed by atoms with Crippen LogP contribution in [0.4, 0.5) is 4.79 Å². The molecule has 0 saturated carbocycles. The van der Waals surface area contributed by atoms with Crippen LogP contribution in [-0.2, 0) is 9.47 Å². The molecule has 0 radical (unpaired) electrons. The molecule has 1 amide bonds. The van der Waals surface area contributed by atoms with E-state index in [1.54, 1.807) is 7.11 Å². The quantitative estimate of drug-likeness (QED) is 0.800. The topological polar surface area (TPSA) is 67.8 Å². The van der Waals surface area contributed by atoms with Crippen LogP contribution in [0.15, 0.2) is 48.5 Å². The van der Waals surface area contributed by atoms with E-state index in [1.807, 2.05) is 31.2 Å². The molecule has 3 rings (SSSR count). The van der Waals surface area contributed by atoms with Crippen LogP contribution in [0, 0.1) is 0 Å². The van der Waals surface area contributed by atoms with Gasteiger partial charge in [-0.1, -0.05) is 48.5 Å². The number of hydrogen-bond acceptors (Lipinski definition) is 4. The van der Waals surface area contributed by atoms with Gasteiger partial charge < -0.3 is 19.9 Å². The lowest BCUT2D eigenvalue weighted by molar-refractivity contribution is 0.0820. The molecule has 0 saturated heterocycles. The summed E-state index contributed by atoms with van der Waals surface area (Å²) < 4.78 is 10.7. The van der Waals surface area contributed by atoms with E-state index < -0.39 is 11.6 Å². The lowest BCUT2D eigenvalue weighted by Crippen LogP contribution is -2.50. The van der Waals surface area contributed by atoms with Crippen LogP contribution in [0.3, 0.4) is 0 Å². The van der Waals surface area contributed by atoms with Crippen molar-refractivity contribution in [2.75, 3.05) is 26.9 Å². The van der Waals surface area contributed by atoms with Crippen molar-refractivity contribution in [2.24, 2.45) is 0 Å². The van der Waals surface area contributed by atoms with Gasteiger partial charge in [0.25, 0.3) is 0 Å². The number of methoxy groups -OCH3 is 1. The van der Waals surface area contributed by atoms with Crippen molar-refractivity contribution in [3.8, 4) is 11.1 Å². The first-order valence-electron chi connectivity index (χ1n) is 8.81. The number of fused-ring (bicyclic) bond motifs is 3. The van der Waals surface area contributed by atoms with Gasteiger partial charge in [-0.05, 0) is 35.6 Å². The highest BCUT2D eigenvalue weighted by Crippen LogP contribution is 2.44. The Morgan fingerprint density at radius 2 is 1.69 bits per heavy atom. The molecule has 0 fully saturated rings. The molecule has 5 nitrogen and oxygen atoms in total. The van der Waals surface area contributed by atoms with Gasteiger partial charge in [-0.2, -0.15) is 0 Å². The maximum Gasteiger partial charge on any atom is 0.407 e. The second-order valence-corrected chi connectivity index (χ2v) is 6.92. The number of carbonyl (C=O) groups is 1. The van der Waals surface area contributed by atoms with Gasteiger partial charge in [0.2, 0.25) is 0 Å². The molecule has 1 unspecified atom stereocenters. The number of benzene rings is 2. The summed E-state index contributed by atoms with van der Waals surface area (Å²) in [4.78, 5) is 12.3. The Morgan fingerprint density at radius 3 is 2.23 bits per heavy atom. The summed E-state index contributed by atoms with van der Waals surface area (Å²) in [6.45, 7) is 2.36. The average molecular weight is 355 g/mol. The van der Waals surface area contributed by atoms with Gasteiger partial charge in [0.15, 0.2) is 0 Å². The highest BCUT2D eigenvalue weighted by molar-refractivity contribution is 5.79. The third kappa shape index (κ3) is 3.74. The fourth-order valence-corrected chi connectivity index (χ4v) is 3.62. The normalized spacial score (nSPS) is 15.0. The average Bonchev–Trinajstić information content (AvgIpc) is 2.94. The summed E-state index contributed by atoms with van der Waals surface area (Å²) in [5.41, 5.74) is 4.09. The van der Waals surface area contributed by atoms with E-state index in [4.69, 9.17) is 9.47 Å². The Kier molecular flexibility index (Phi) is 5.59. The maximum absolute atomic E-state index is 12.3. The molecule has 2 aromatic carbocycles. The molecule has 1 aliphatic carbocycles. The van der Waals surface area contributed by atoms with Crippen molar-refractivity contribution in [1.29, 1.82) is 0 Å². The predicted octanol–water partition coefficient (Wildman–Crippen LogP) is 3.31. The number of rotatable bonds is 7. The van der Waals surface area contributed by atoms with E-state index in [2.05, 4.69) is 29.6 Å². The zero-order valence-corrected chi connectivity index (χ0v) is 15.2. The van der Waals surface area contributed by atoms with Crippen LogP contribution in [0.5, 0.6) is 0 Å². The van der Waals surface area contributed by atoms with Crippen LogP contribution < -0.4 is 5.32 Å². The lowest BCUT2D eigenvalue weighted by Gasteiger charge is -2.29. The van der Waals surface area contributed by atoms with E-state index in [9.17, 15) is 9.90 Å². The molecule has 0 heterocycles. The SMILES string of the molecule is COCC(C)(CCO)NC(=O)OCC1c2ccccc2-c2ccccc21. The Morgan fingerprint density at radius 1 is 1.12 bits per heavy atom. The number of nitrogens with one attached hydrogen (secondary N) is 1. The Labute approximate surface area is 153 Å². The van der Waals surface area contributed by atoms with Crippen LogP contribution in [-0.4, -0.2) is 43.7 Å². The molecule has 5 heteroatoms. The fraction of sp³-hybridized carbons (Fsp3) is 0.381. The zero-order chi connectivity index (χ0) is 18.6. The van der Waals surface area contributed by atoms with E-state index in [1.165, 1.54) is 22.3 Å². The third-order valence-electron chi connectivity index (χ3n) is 4.87. The van der Waals surface area contributed by atoms with E-state index in [0.29, 0.717) is 13.0 Å². The first kappa shape index (κ1) is 18.4. The monoisotopic (exact) mass is 355 g/mol. The van der Waals surface area contributed by atoms with Crippen molar-refractivity contribution in [1.82, 2.24) is 5.32 Å². The minimum atomic E-state index is -0.661. The standard InChI is InChI=1S/C21H25NO4/c1-21(11-12-23,14-25-2)22-20(24)26-13-19-17-9-5-3-7-15(17)16-8-4-6-10-18(16)19/h3-10,19,23H,11-14H2,1-2H3,(H,22,24). The number of amides is 1. The molecule has 1 aliphatic rings. The number of aliphatic hydroxyl groups is 1. The van der Waals surface area contributed by atoms with Gasteiger partial charge >= 0.3 is 6.09 Å². The molecule has 0 aliphatic heterocycles. The second-order valence-electron chi connectivity index (χ2n) is 6.92. The van der Waals surface area contributed by atoms with Crippen LogP contribution in [0.2, 0.25) is 0 Å². The molecule has 26 heavy (non-hydrogen) atoms. The van der Waals surface area contributed by atoms with E-state index in [-0.39, 0.29) is 19.1 Å². The van der Waals surface area contributed by atoms with E-state index in [0.717, 1.165) is 0 Å². The minimum absolute atomic E-state index is 0.0275. The number of alkyl carbamates (subject to hydrolysis) is 1. The Balaban J connectivity index is 1.71. The van der Waals surface area contributed by atoms with Gasteiger partial charge in [-0.3, -0.25) is 0 Å². The van der Waals surface area contributed by atoms with Crippen molar-refractivity contribution in [3.63, 3.8) is 0 Å². The molecule has 138 valence electrons. The van der Waals surface area contributed by atoms with Gasteiger partial charge in [-0.25, -0.2) is 4.79 Å². The van der Waals surface area contributed by atoms with Crippen LogP contribution >= 0.6 is 0 Å². The molecule has 0 bridgehead atoms. The van der Waals surface area contributed by atoms with E-state index >= 15 is 0 Å². The van der Waals surface area contributed by atoms with Gasteiger partial charge in [0.1, 0.15) is 6.61 Å². The highest BCUT2D eigenvalue weighted by Gasteiger charge is 2.31. The van der Waals surface area contributed by atoms with Crippen molar-refractivity contribution in [2.45, 2.75) is 24.8 Å². The van der Waals surface area contributed by atoms with Gasteiger partial charge in [-0.15, -0.1) is 0 Å². The largest absolute Gasteiger partial charge is 0.449 e. The number of hydrogen-bond donors (Lipinski definition) is 2. The molecular weight excluding hydrogens is 330 g/mol. The summed E-state index contributed by atoms with van der Waals surface area (Å²) in [5.74, 6) is 0.0275. The highest BCUT2D eigenvalue weighted by atomic mass is 16.5. The van der Waals surface area contributed by atoms with Crippen molar-refractivity contribution >= 4 is 6.09 Å². The minimum Gasteiger partial charge on any atom is -0.449 e. The summed E-state index contributed by atoms with van der Waals surface area (Å²) in [5, 5.41) is 12.0. The fourth-order valence-electron chi connectivity index (χ4n) is 3.62. The number of ether oxygens (including phenoxy) is 2. The Hall–Kier alpha value is -2.37. The predicted molar refractivity (Wildman–Crippen MR) is 100 cm³/mol. The van der Waals surface area contributed by atoms with Gasteiger partial charge in [0.05, 0.1) is 12.1 Å². The molecule has 2 N–H and O–H groups in total. The first-order valence-corrected chi connectivity index (χ1v) is 8.81. The number of carbonyl (C=O) groups excluding carboxylic acids is 1. The molecule has 0 aromatic heterocycles. The van der Waals surface area contributed by atoms with Crippen molar-refractivity contribution < 1.29 is 19.4 Å². The summed E-state index contributed by atoms with van der Waals surface area (Å²) in [6.07, 6.45) is -0.106.